The molecule has 0 aliphatic heterocycles. The number of furan rings is 1. The molecule has 94 valence electrons. The number of carbonyl (C=O) groups is 1. The van der Waals surface area contributed by atoms with Crippen molar-refractivity contribution in [2.75, 3.05) is 5.73 Å². The number of nitrogen functional groups attached to an aromatic ring is 1. The first-order valence-corrected chi connectivity index (χ1v) is 5.47. The number of nitrogens with one attached hydrogen (secondary N) is 1. The van der Waals surface area contributed by atoms with Gasteiger partial charge in [0.1, 0.15) is 11.6 Å². The molecule has 1 aromatic carbocycles. The third kappa shape index (κ3) is 2.51. The molecule has 4 nitrogen and oxygen atoms in total. The molecule has 0 saturated heterocycles. The molecule has 1 amide bonds. The number of benzene rings is 1. The highest BCUT2D eigenvalue weighted by atomic mass is 19.1. The van der Waals surface area contributed by atoms with Crippen LogP contribution in [0.3, 0.4) is 0 Å². The number of nitrogens with two attached hydrogens (primary N) is 1. The zero-order valence-electron chi connectivity index (χ0n) is 9.81. The van der Waals surface area contributed by atoms with Crippen LogP contribution in [0.2, 0.25) is 0 Å². The Kier molecular flexibility index (Phi) is 3.32. The van der Waals surface area contributed by atoms with E-state index in [-0.39, 0.29) is 23.2 Å². The summed E-state index contributed by atoms with van der Waals surface area (Å²) in [7, 11) is 0. The van der Waals surface area contributed by atoms with Gasteiger partial charge >= 0.3 is 0 Å². The Hall–Kier alpha value is -2.30. The topological polar surface area (TPSA) is 68.3 Å². The molecule has 0 spiro atoms. The van der Waals surface area contributed by atoms with Crippen molar-refractivity contribution in [3.8, 4) is 0 Å². The quantitative estimate of drug-likeness (QED) is 0.820. The van der Waals surface area contributed by atoms with Crippen LogP contribution in [0.15, 0.2) is 41.0 Å². The Bertz CT molecular complexity index is 552. The number of anilines is 1. The van der Waals surface area contributed by atoms with Crippen LogP contribution >= 0.6 is 0 Å². The second-order valence-electron chi connectivity index (χ2n) is 3.94. The fraction of sp³-hybridized carbons (Fsp3) is 0.154. The number of hydrogen-bond acceptors (Lipinski definition) is 3. The minimum atomic E-state index is -0.469. The Morgan fingerprint density at radius 1 is 1.44 bits per heavy atom. The zero-order chi connectivity index (χ0) is 13.1. The van der Waals surface area contributed by atoms with Crippen molar-refractivity contribution in [3.05, 3.63) is 53.7 Å². The van der Waals surface area contributed by atoms with Crippen LogP contribution in [-0.4, -0.2) is 5.91 Å². The SMILES string of the molecule is C[C@@H](NC(=O)c1ccc(F)cc1N)c1ccco1. The van der Waals surface area contributed by atoms with Gasteiger partial charge in [-0.15, -0.1) is 0 Å². The average Bonchev–Trinajstić information content (AvgIpc) is 2.81. The second-order valence-corrected chi connectivity index (χ2v) is 3.94. The fourth-order valence-electron chi connectivity index (χ4n) is 1.62. The lowest BCUT2D eigenvalue weighted by atomic mass is 10.1. The molecule has 0 fully saturated rings. The van der Waals surface area contributed by atoms with Crippen LogP contribution in [0.25, 0.3) is 0 Å². The minimum absolute atomic E-state index is 0.110. The first-order valence-electron chi connectivity index (χ1n) is 5.47. The predicted molar refractivity (Wildman–Crippen MR) is 65.4 cm³/mol. The van der Waals surface area contributed by atoms with Crippen molar-refractivity contribution in [2.45, 2.75) is 13.0 Å². The van der Waals surface area contributed by atoms with E-state index in [2.05, 4.69) is 5.32 Å². The van der Waals surface area contributed by atoms with Gasteiger partial charge in [0.05, 0.1) is 17.9 Å². The van der Waals surface area contributed by atoms with E-state index in [0.717, 1.165) is 6.07 Å². The number of hydrogen-bond donors (Lipinski definition) is 2. The molecule has 1 aromatic heterocycles. The Morgan fingerprint density at radius 2 is 2.22 bits per heavy atom. The Morgan fingerprint density at radius 3 is 2.83 bits per heavy atom. The number of carbonyl (C=O) groups excluding carboxylic acids is 1. The van der Waals surface area contributed by atoms with Gasteiger partial charge in [-0.3, -0.25) is 4.79 Å². The van der Waals surface area contributed by atoms with Gasteiger partial charge in [0, 0.05) is 5.69 Å². The summed E-state index contributed by atoms with van der Waals surface area (Å²) in [6, 6.07) is 6.89. The van der Waals surface area contributed by atoms with Crippen molar-refractivity contribution >= 4 is 11.6 Å². The molecule has 0 aliphatic rings. The monoisotopic (exact) mass is 248 g/mol. The van der Waals surface area contributed by atoms with E-state index in [1.807, 2.05) is 0 Å². The van der Waals surface area contributed by atoms with Gasteiger partial charge in [0.2, 0.25) is 0 Å². The summed E-state index contributed by atoms with van der Waals surface area (Å²) in [6.07, 6.45) is 1.53. The van der Waals surface area contributed by atoms with Crippen molar-refractivity contribution < 1.29 is 13.6 Å². The predicted octanol–water partition coefficient (Wildman–Crippen LogP) is 2.49. The second kappa shape index (κ2) is 4.91. The van der Waals surface area contributed by atoms with Crippen LogP contribution in [0.1, 0.15) is 29.1 Å². The highest BCUT2D eigenvalue weighted by molar-refractivity contribution is 5.99. The van der Waals surface area contributed by atoms with Crippen LogP contribution in [0, 0.1) is 5.82 Å². The van der Waals surface area contributed by atoms with Crippen molar-refractivity contribution in [2.24, 2.45) is 0 Å². The summed E-state index contributed by atoms with van der Waals surface area (Å²) in [6.45, 7) is 1.79. The number of rotatable bonds is 3. The average molecular weight is 248 g/mol. The summed E-state index contributed by atoms with van der Waals surface area (Å²) in [5.41, 5.74) is 5.95. The largest absolute Gasteiger partial charge is 0.467 e. The molecule has 18 heavy (non-hydrogen) atoms. The smallest absolute Gasteiger partial charge is 0.253 e. The number of amides is 1. The lowest BCUT2D eigenvalue weighted by molar-refractivity contribution is 0.0936. The maximum absolute atomic E-state index is 12.9. The molecule has 0 bridgehead atoms. The molecule has 3 N–H and O–H groups in total. The van der Waals surface area contributed by atoms with Crippen LogP contribution in [0.4, 0.5) is 10.1 Å². The maximum atomic E-state index is 12.9. The summed E-state index contributed by atoms with van der Waals surface area (Å²) in [5.74, 6) is -0.191. The molecule has 1 heterocycles. The van der Waals surface area contributed by atoms with Gasteiger partial charge in [-0.2, -0.15) is 0 Å². The molecule has 0 radical (unpaired) electrons. The van der Waals surface area contributed by atoms with Gasteiger partial charge in [-0.25, -0.2) is 4.39 Å². The van der Waals surface area contributed by atoms with Gasteiger partial charge in [-0.05, 0) is 37.3 Å². The van der Waals surface area contributed by atoms with E-state index in [1.165, 1.54) is 18.4 Å². The summed E-state index contributed by atoms with van der Waals surface area (Å²) in [5, 5.41) is 2.72. The maximum Gasteiger partial charge on any atom is 0.253 e. The van der Waals surface area contributed by atoms with Gasteiger partial charge < -0.3 is 15.5 Å². The third-order valence-corrected chi connectivity index (χ3v) is 2.58. The summed E-state index contributed by atoms with van der Waals surface area (Å²) >= 11 is 0. The van der Waals surface area contributed by atoms with Crippen LogP contribution < -0.4 is 11.1 Å². The van der Waals surface area contributed by atoms with E-state index in [0.29, 0.717) is 5.76 Å². The van der Waals surface area contributed by atoms with E-state index in [1.54, 1.807) is 19.1 Å². The molecular weight excluding hydrogens is 235 g/mol. The van der Waals surface area contributed by atoms with E-state index in [4.69, 9.17) is 10.2 Å². The van der Waals surface area contributed by atoms with Crippen molar-refractivity contribution in [1.29, 1.82) is 0 Å². The fourth-order valence-corrected chi connectivity index (χ4v) is 1.62. The zero-order valence-corrected chi connectivity index (χ0v) is 9.81. The highest BCUT2D eigenvalue weighted by Gasteiger charge is 2.15. The minimum Gasteiger partial charge on any atom is -0.467 e. The molecule has 5 heteroatoms. The first kappa shape index (κ1) is 12.2. The summed E-state index contributed by atoms with van der Waals surface area (Å²) in [4.78, 5) is 11.9. The summed E-state index contributed by atoms with van der Waals surface area (Å²) < 4.78 is 18.0. The molecule has 0 saturated carbocycles. The van der Waals surface area contributed by atoms with Crippen molar-refractivity contribution in [3.63, 3.8) is 0 Å². The third-order valence-electron chi connectivity index (χ3n) is 2.58. The Balaban J connectivity index is 2.12. The van der Waals surface area contributed by atoms with Gasteiger partial charge in [0.15, 0.2) is 0 Å². The lowest BCUT2D eigenvalue weighted by Gasteiger charge is -2.12. The van der Waals surface area contributed by atoms with Gasteiger partial charge in [-0.1, -0.05) is 0 Å². The molecule has 0 unspecified atom stereocenters. The van der Waals surface area contributed by atoms with E-state index >= 15 is 0 Å². The molecule has 1 atom stereocenters. The highest BCUT2D eigenvalue weighted by Crippen LogP contribution is 2.17. The molecule has 2 rings (SSSR count). The van der Waals surface area contributed by atoms with Crippen molar-refractivity contribution in [1.82, 2.24) is 5.32 Å². The van der Waals surface area contributed by atoms with E-state index in [9.17, 15) is 9.18 Å². The van der Waals surface area contributed by atoms with E-state index < -0.39 is 5.82 Å². The van der Waals surface area contributed by atoms with Gasteiger partial charge in [0.25, 0.3) is 5.91 Å². The van der Waals surface area contributed by atoms with Crippen LogP contribution in [-0.2, 0) is 0 Å². The lowest BCUT2D eigenvalue weighted by Crippen LogP contribution is -2.27. The normalized spacial score (nSPS) is 12.1. The first-order chi connectivity index (χ1) is 8.58. The molecule has 2 aromatic rings. The number of halogens is 1. The Labute approximate surface area is 104 Å². The standard InChI is InChI=1S/C13H13FN2O2/c1-8(12-3-2-6-18-12)16-13(17)10-5-4-9(14)7-11(10)15/h2-8H,15H2,1H3,(H,16,17)/t8-/m1/s1. The molecular formula is C13H13FN2O2. The van der Waals surface area contributed by atoms with Crippen LogP contribution in [0.5, 0.6) is 0 Å². The molecule has 0 aliphatic carbocycles.